The molecule has 0 unspecified atom stereocenters. The van der Waals surface area contributed by atoms with Crippen molar-refractivity contribution in [2.24, 2.45) is 5.73 Å². The molecule has 0 aliphatic heterocycles. The molecule has 0 spiro atoms. The lowest BCUT2D eigenvalue weighted by Gasteiger charge is -2.16. The summed E-state index contributed by atoms with van der Waals surface area (Å²) in [4.78, 5) is 0. The maximum absolute atomic E-state index is 5.92. The fourth-order valence-electron chi connectivity index (χ4n) is 1.65. The van der Waals surface area contributed by atoms with Crippen LogP contribution in [0.25, 0.3) is 0 Å². The van der Waals surface area contributed by atoms with Crippen molar-refractivity contribution >= 4 is 0 Å². The smallest absolute Gasteiger partial charge is 0.124 e. The lowest BCUT2D eigenvalue weighted by Crippen LogP contribution is -2.10. The summed E-state index contributed by atoms with van der Waals surface area (Å²) in [6.07, 6.45) is 1.72. The van der Waals surface area contributed by atoms with Gasteiger partial charge in [0.2, 0.25) is 0 Å². The third-order valence-corrected chi connectivity index (χ3v) is 2.30. The Morgan fingerprint density at radius 2 is 2.07 bits per heavy atom. The van der Waals surface area contributed by atoms with Crippen LogP contribution in [-0.2, 0) is 0 Å². The molecule has 1 aromatic rings. The number of benzene rings is 1. The van der Waals surface area contributed by atoms with Gasteiger partial charge in [-0.1, -0.05) is 12.1 Å². The second kappa shape index (κ2) is 4.29. The molecule has 76 valence electrons. The van der Waals surface area contributed by atoms with Crippen molar-refractivity contribution in [2.45, 2.75) is 19.9 Å². The van der Waals surface area contributed by atoms with Crippen LogP contribution in [0.2, 0.25) is 0 Å². The maximum atomic E-state index is 5.92. The molecule has 2 N–H and O–H groups in total. The predicted octanol–water partition coefficient (Wildman–Crippen LogP) is 2.50. The summed E-state index contributed by atoms with van der Waals surface area (Å²) in [6, 6.07) is 3.93. The first-order valence-corrected chi connectivity index (χ1v) is 4.63. The van der Waals surface area contributed by atoms with Crippen molar-refractivity contribution < 1.29 is 4.74 Å². The molecule has 0 aliphatic rings. The van der Waals surface area contributed by atoms with Crippen LogP contribution in [0.5, 0.6) is 5.75 Å². The largest absolute Gasteiger partial charge is 0.496 e. The number of nitrogens with two attached hydrogens (primary N) is 1. The van der Waals surface area contributed by atoms with Gasteiger partial charge < -0.3 is 10.5 Å². The van der Waals surface area contributed by atoms with E-state index in [0.29, 0.717) is 0 Å². The highest BCUT2D eigenvalue weighted by molar-refractivity contribution is 5.46. The average molecular weight is 191 g/mol. The van der Waals surface area contributed by atoms with Crippen molar-refractivity contribution in [1.29, 1.82) is 0 Å². The number of hydrogen-bond donors (Lipinski definition) is 1. The molecule has 1 aromatic carbocycles. The summed E-state index contributed by atoms with van der Waals surface area (Å²) in [6.45, 7) is 7.77. The zero-order valence-electron chi connectivity index (χ0n) is 9.00. The lowest BCUT2D eigenvalue weighted by atomic mass is 9.98. The first-order valence-electron chi connectivity index (χ1n) is 4.63. The van der Waals surface area contributed by atoms with Gasteiger partial charge in [0, 0.05) is 5.56 Å². The second-order valence-corrected chi connectivity index (χ2v) is 3.46. The molecule has 0 saturated heterocycles. The van der Waals surface area contributed by atoms with Gasteiger partial charge in [-0.2, -0.15) is 0 Å². The van der Waals surface area contributed by atoms with Gasteiger partial charge in [-0.05, 0) is 31.0 Å². The SMILES string of the molecule is C=C[C@@H](N)c1c(C)cc(C)cc1OC. The standard InChI is InChI=1S/C12H17NO/c1-5-10(13)12-9(3)6-8(2)7-11(12)14-4/h5-7,10H,1,13H2,2-4H3/t10-/m1/s1. The average Bonchev–Trinajstić information content (AvgIpc) is 2.15. The van der Waals surface area contributed by atoms with E-state index in [9.17, 15) is 0 Å². The van der Waals surface area contributed by atoms with E-state index in [1.54, 1.807) is 13.2 Å². The molecule has 0 amide bonds. The Morgan fingerprint density at radius 3 is 2.57 bits per heavy atom. The van der Waals surface area contributed by atoms with Crippen LogP contribution in [0.1, 0.15) is 22.7 Å². The summed E-state index contributed by atoms with van der Waals surface area (Å²) >= 11 is 0. The molecular formula is C12H17NO. The van der Waals surface area contributed by atoms with E-state index in [1.165, 1.54) is 5.56 Å². The Balaban J connectivity index is 3.31. The zero-order chi connectivity index (χ0) is 10.7. The molecule has 1 atom stereocenters. The van der Waals surface area contributed by atoms with E-state index >= 15 is 0 Å². The molecule has 14 heavy (non-hydrogen) atoms. The van der Waals surface area contributed by atoms with E-state index < -0.39 is 0 Å². The fraction of sp³-hybridized carbons (Fsp3) is 0.333. The number of rotatable bonds is 3. The Hall–Kier alpha value is -1.28. The summed E-state index contributed by atoms with van der Waals surface area (Å²) in [7, 11) is 1.66. The van der Waals surface area contributed by atoms with E-state index in [1.807, 2.05) is 19.9 Å². The van der Waals surface area contributed by atoms with Crippen molar-refractivity contribution in [3.8, 4) is 5.75 Å². The third-order valence-electron chi connectivity index (χ3n) is 2.30. The Morgan fingerprint density at radius 1 is 1.43 bits per heavy atom. The predicted molar refractivity (Wildman–Crippen MR) is 59.6 cm³/mol. The molecule has 2 heteroatoms. The van der Waals surface area contributed by atoms with E-state index in [2.05, 4.69) is 12.6 Å². The highest BCUT2D eigenvalue weighted by Crippen LogP contribution is 2.29. The van der Waals surface area contributed by atoms with Gasteiger partial charge in [-0.3, -0.25) is 0 Å². The van der Waals surface area contributed by atoms with Crippen LogP contribution in [0.4, 0.5) is 0 Å². The normalized spacial score (nSPS) is 12.3. The first kappa shape index (κ1) is 10.8. The third kappa shape index (κ3) is 1.96. The fourth-order valence-corrected chi connectivity index (χ4v) is 1.65. The molecule has 0 radical (unpaired) electrons. The molecule has 0 aliphatic carbocycles. The molecule has 0 saturated carbocycles. The van der Waals surface area contributed by atoms with Gasteiger partial charge >= 0.3 is 0 Å². The van der Waals surface area contributed by atoms with Crippen LogP contribution >= 0.6 is 0 Å². The topological polar surface area (TPSA) is 35.2 Å². The molecule has 2 nitrogen and oxygen atoms in total. The van der Waals surface area contributed by atoms with Gasteiger partial charge in [0.25, 0.3) is 0 Å². The van der Waals surface area contributed by atoms with Crippen LogP contribution in [0, 0.1) is 13.8 Å². The second-order valence-electron chi connectivity index (χ2n) is 3.46. The minimum Gasteiger partial charge on any atom is -0.496 e. The van der Waals surface area contributed by atoms with Crippen LogP contribution in [0.3, 0.4) is 0 Å². The van der Waals surface area contributed by atoms with Crippen LogP contribution in [-0.4, -0.2) is 7.11 Å². The number of methoxy groups -OCH3 is 1. The molecule has 0 fully saturated rings. The van der Waals surface area contributed by atoms with Crippen LogP contribution < -0.4 is 10.5 Å². The zero-order valence-corrected chi connectivity index (χ0v) is 9.00. The molecule has 0 aromatic heterocycles. The summed E-state index contributed by atoms with van der Waals surface area (Å²) in [5.74, 6) is 0.843. The van der Waals surface area contributed by atoms with Crippen molar-refractivity contribution in [3.05, 3.63) is 41.5 Å². The Labute approximate surface area is 85.4 Å². The number of ether oxygens (including phenoxy) is 1. The summed E-state index contributed by atoms with van der Waals surface area (Å²) in [5, 5.41) is 0. The van der Waals surface area contributed by atoms with E-state index in [4.69, 9.17) is 10.5 Å². The lowest BCUT2D eigenvalue weighted by molar-refractivity contribution is 0.407. The number of hydrogen-bond acceptors (Lipinski definition) is 2. The van der Waals surface area contributed by atoms with Gasteiger partial charge in [0.05, 0.1) is 13.2 Å². The van der Waals surface area contributed by atoms with Gasteiger partial charge in [0.1, 0.15) is 5.75 Å². The maximum Gasteiger partial charge on any atom is 0.124 e. The van der Waals surface area contributed by atoms with Crippen molar-refractivity contribution in [3.63, 3.8) is 0 Å². The van der Waals surface area contributed by atoms with Crippen molar-refractivity contribution in [2.75, 3.05) is 7.11 Å². The molecule has 0 bridgehead atoms. The van der Waals surface area contributed by atoms with Gasteiger partial charge in [-0.25, -0.2) is 0 Å². The Bertz CT molecular complexity index is 344. The van der Waals surface area contributed by atoms with Gasteiger partial charge in [-0.15, -0.1) is 6.58 Å². The van der Waals surface area contributed by atoms with E-state index in [0.717, 1.165) is 16.9 Å². The van der Waals surface area contributed by atoms with Crippen LogP contribution in [0.15, 0.2) is 24.8 Å². The quantitative estimate of drug-likeness (QED) is 0.745. The monoisotopic (exact) mass is 191 g/mol. The highest BCUT2D eigenvalue weighted by Gasteiger charge is 2.12. The summed E-state index contributed by atoms with van der Waals surface area (Å²) in [5.41, 5.74) is 9.27. The molecular weight excluding hydrogens is 174 g/mol. The minimum atomic E-state index is -0.162. The molecule has 0 heterocycles. The molecule has 1 rings (SSSR count). The Kier molecular flexibility index (Phi) is 3.31. The number of aryl methyl sites for hydroxylation is 2. The highest BCUT2D eigenvalue weighted by atomic mass is 16.5. The van der Waals surface area contributed by atoms with E-state index in [-0.39, 0.29) is 6.04 Å². The van der Waals surface area contributed by atoms with Crippen molar-refractivity contribution in [1.82, 2.24) is 0 Å². The van der Waals surface area contributed by atoms with Gasteiger partial charge in [0.15, 0.2) is 0 Å². The summed E-state index contributed by atoms with van der Waals surface area (Å²) < 4.78 is 5.30. The minimum absolute atomic E-state index is 0.162. The first-order chi connectivity index (χ1) is 6.60.